The van der Waals surface area contributed by atoms with Crippen LogP contribution < -0.4 is 14.8 Å². The van der Waals surface area contributed by atoms with Crippen molar-refractivity contribution in [2.24, 2.45) is 4.99 Å². The summed E-state index contributed by atoms with van der Waals surface area (Å²) in [6.45, 7) is 7.70. The maximum absolute atomic E-state index is 5.71. The molecule has 2 aromatic rings. The van der Waals surface area contributed by atoms with Crippen molar-refractivity contribution in [2.45, 2.75) is 26.9 Å². The smallest absolute Gasteiger partial charge is 0.218 e. The molecule has 1 aromatic heterocycles. The molecule has 0 fully saturated rings. The van der Waals surface area contributed by atoms with Crippen LogP contribution in [0.2, 0.25) is 0 Å². The number of guanidine groups is 1. The average molecular weight is 528 g/mol. The zero-order valence-corrected chi connectivity index (χ0v) is 20.6. The molecule has 7 nitrogen and oxygen atoms in total. The molecule has 8 heteroatoms. The lowest BCUT2D eigenvalue weighted by Crippen LogP contribution is -2.38. The van der Waals surface area contributed by atoms with E-state index in [1.807, 2.05) is 38.2 Å². The summed E-state index contributed by atoms with van der Waals surface area (Å²) in [6.07, 6.45) is 1.72. The first-order valence-electron chi connectivity index (χ1n) is 9.94. The third-order valence-corrected chi connectivity index (χ3v) is 4.13. The van der Waals surface area contributed by atoms with Crippen LogP contribution >= 0.6 is 24.0 Å². The van der Waals surface area contributed by atoms with Crippen LogP contribution in [0.5, 0.6) is 11.6 Å². The summed E-state index contributed by atoms with van der Waals surface area (Å²) >= 11 is 0. The zero-order valence-electron chi connectivity index (χ0n) is 18.3. The summed E-state index contributed by atoms with van der Waals surface area (Å²) < 4.78 is 16.3. The van der Waals surface area contributed by atoms with Crippen LogP contribution in [0.3, 0.4) is 0 Å². The molecule has 0 aliphatic heterocycles. The van der Waals surface area contributed by atoms with Crippen molar-refractivity contribution in [2.75, 3.05) is 40.5 Å². The Balaban J connectivity index is 0.00000450. The van der Waals surface area contributed by atoms with Crippen LogP contribution in [0.4, 0.5) is 0 Å². The summed E-state index contributed by atoms with van der Waals surface area (Å²) in [6, 6.07) is 12.0. The van der Waals surface area contributed by atoms with Gasteiger partial charge in [0.05, 0.1) is 19.8 Å². The Morgan fingerprint density at radius 1 is 1.10 bits per heavy atom. The lowest BCUT2D eigenvalue weighted by molar-refractivity contribution is 0.143. The Morgan fingerprint density at radius 2 is 1.87 bits per heavy atom. The molecule has 0 saturated heterocycles. The Bertz CT molecular complexity index is 756. The van der Waals surface area contributed by atoms with E-state index >= 15 is 0 Å². The fraction of sp³-hybridized carbons (Fsp3) is 0.455. The van der Waals surface area contributed by atoms with Crippen molar-refractivity contribution >= 4 is 29.9 Å². The number of nitrogens with zero attached hydrogens (tertiary/aromatic N) is 3. The van der Waals surface area contributed by atoms with E-state index in [-0.39, 0.29) is 24.0 Å². The minimum Gasteiger partial charge on any atom is -0.494 e. The maximum atomic E-state index is 5.71. The van der Waals surface area contributed by atoms with Gasteiger partial charge in [0, 0.05) is 39.0 Å². The van der Waals surface area contributed by atoms with Crippen LogP contribution in [0, 0.1) is 0 Å². The van der Waals surface area contributed by atoms with E-state index in [1.165, 1.54) is 5.56 Å². The fourth-order valence-electron chi connectivity index (χ4n) is 2.73. The number of rotatable bonds is 11. The van der Waals surface area contributed by atoms with Crippen LogP contribution in [-0.4, -0.2) is 56.4 Å². The summed E-state index contributed by atoms with van der Waals surface area (Å²) in [5.74, 6) is 2.31. The third-order valence-electron chi connectivity index (χ3n) is 4.13. The second-order valence-electron chi connectivity index (χ2n) is 6.41. The van der Waals surface area contributed by atoms with Crippen LogP contribution in [0.25, 0.3) is 0 Å². The highest BCUT2D eigenvalue weighted by Gasteiger charge is 2.09. The first kappa shape index (κ1) is 26.0. The quantitative estimate of drug-likeness (QED) is 0.208. The molecule has 0 unspecified atom stereocenters. The van der Waals surface area contributed by atoms with Crippen molar-refractivity contribution in [1.29, 1.82) is 0 Å². The molecule has 0 saturated carbocycles. The minimum atomic E-state index is 0. The predicted octanol–water partition coefficient (Wildman–Crippen LogP) is 3.72. The molecule has 0 atom stereocenters. The first-order chi connectivity index (χ1) is 14.2. The van der Waals surface area contributed by atoms with Gasteiger partial charge in [0.15, 0.2) is 5.96 Å². The number of aromatic nitrogens is 1. The van der Waals surface area contributed by atoms with E-state index in [9.17, 15) is 0 Å². The monoisotopic (exact) mass is 528 g/mol. The van der Waals surface area contributed by atoms with Crippen molar-refractivity contribution in [1.82, 2.24) is 15.2 Å². The van der Waals surface area contributed by atoms with Crippen LogP contribution in [-0.2, 0) is 17.8 Å². The predicted molar refractivity (Wildman–Crippen MR) is 131 cm³/mol. The van der Waals surface area contributed by atoms with Gasteiger partial charge < -0.3 is 24.4 Å². The molecule has 1 heterocycles. The molecule has 2 rings (SSSR count). The summed E-state index contributed by atoms with van der Waals surface area (Å²) in [4.78, 5) is 11.2. The SMILES string of the molecule is CCNC(=NCc1cccnc1OCCOC)N(C)Cc1ccc(OCC)cc1.I. The lowest BCUT2D eigenvalue weighted by Gasteiger charge is -2.22. The highest BCUT2D eigenvalue weighted by molar-refractivity contribution is 14.0. The third kappa shape index (κ3) is 8.74. The van der Waals surface area contributed by atoms with E-state index in [0.717, 1.165) is 30.4 Å². The molecule has 0 aliphatic rings. The van der Waals surface area contributed by atoms with Gasteiger partial charge in [-0.2, -0.15) is 0 Å². The molecular formula is C22H33IN4O3. The Hall–Kier alpha value is -2.07. The molecule has 1 N–H and O–H groups in total. The highest BCUT2D eigenvalue weighted by atomic mass is 127. The maximum Gasteiger partial charge on any atom is 0.218 e. The normalized spacial score (nSPS) is 10.9. The van der Waals surface area contributed by atoms with Gasteiger partial charge in [0.25, 0.3) is 0 Å². The highest BCUT2D eigenvalue weighted by Crippen LogP contribution is 2.16. The Labute approximate surface area is 196 Å². The standard InChI is InChI=1S/C22H32N4O3.HI/c1-5-23-22(26(3)17-18-9-11-20(12-10-18)28-6-2)25-16-19-8-7-13-24-21(19)29-15-14-27-4;/h7-13H,5-6,14-17H2,1-4H3,(H,23,25);1H. The molecule has 0 bridgehead atoms. The fourth-order valence-corrected chi connectivity index (χ4v) is 2.73. The molecule has 30 heavy (non-hydrogen) atoms. The van der Waals surface area contributed by atoms with Gasteiger partial charge in [0.2, 0.25) is 5.88 Å². The van der Waals surface area contributed by atoms with Gasteiger partial charge in [-0.05, 0) is 37.6 Å². The largest absolute Gasteiger partial charge is 0.494 e. The van der Waals surface area contributed by atoms with Crippen molar-refractivity contribution < 1.29 is 14.2 Å². The van der Waals surface area contributed by atoms with E-state index in [4.69, 9.17) is 19.2 Å². The molecule has 0 amide bonds. The summed E-state index contributed by atoms with van der Waals surface area (Å²) in [7, 11) is 3.67. The van der Waals surface area contributed by atoms with Crippen molar-refractivity contribution in [3.8, 4) is 11.6 Å². The minimum absolute atomic E-state index is 0. The molecule has 0 spiro atoms. The van der Waals surface area contributed by atoms with Gasteiger partial charge in [-0.25, -0.2) is 9.98 Å². The van der Waals surface area contributed by atoms with Gasteiger partial charge in [0.1, 0.15) is 12.4 Å². The summed E-state index contributed by atoms with van der Waals surface area (Å²) in [5.41, 5.74) is 2.12. The van der Waals surface area contributed by atoms with E-state index in [1.54, 1.807) is 13.3 Å². The second-order valence-corrected chi connectivity index (χ2v) is 6.41. The van der Waals surface area contributed by atoms with Crippen LogP contribution in [0.15, 0.2) is 47.6 Å². The van der Waals surface area contributed by atoms with Crippen molar-refractivity contribution in [3.05, 3.63) is 53.7 Å². The molecule has 0 radical (unpaired) electrons. The van der Waals surface area contributed by atoms with Crippen LogP contribution in [0.1, 0.15) is 25.0 Å². The average Bonchev–Trinajstić information content (AvgIpc) is 2.73. The van der Waals surface area contributed by atoms with Gasteiger partial charge >= 0.3 is 0 Å². The number of benzene rings is 1. The second kappa shape index (κ2) is 14.8. The molecular weight excluding hydrogens is 495 g/mol. The Morgan fingerprint density at radius 3 is 2.53 bits per heavy atom. The number of hydrogen-bond donors (Lipinski definition) is 1. The van der Waals surface area contributed by atoms with E-state index in [2.05, 4.69) is 34.3 Å². The van der Waals surface area contributed by atoms with E-state index in [0.29, 0.717) is 32.2 Å². The van der Waals surface area contributed by atoms with Gasteiger partial charge in [-0.3, -0.25) is 0 Å². The Kier molecular flexibility index (Phi) is 12.8. The molecule has 1 aromatic carbocycles. The number of hydrogen-bond acceptors (Lipinski definition) is 5. The number of pyridine rings is 1. The van der Waals surface area contributed by atoms with Gasteiger partial charge in [-0.1, -0.05) is 18.2 Å². The number of nitrogens with one attached hydrogen (secondary N) is 1. The number of halogens is 1. The topological polar surface area (TPSA) is 68.2 Å². The van der Waals surface area contributed by atoms with E-state index < -0.39 is 0 Å². The molecule has 166 valence electrons. The first-order valence-corrected chi connectivity index (χ1v) is 9.94. The van der Waals surface area contributed by atoms with Crippen molar-refractivity contribution in [3.63, 3.8) is 0 Å². The zero-order chi connectivity index (χ0) is 20.9. The lowest BCUT2D eigenvalue weighted by atomic mass is 10.2. The van der Waals surface area contributed by atoms with Gasteiger partial charge in [-0.15, -0.1) is 24.0 Å². The number of aliphatic imine (C=N–C) groups is 1. The number of ether oxygens (including phenoxy) is 3. The number of methoxy groups -OCH3 is 1. The molecule has 0 aliphatic carbocycles. The summed E-state index contributed by atoms with van der Waals surface area (Å²) in [5, 5.41) is 3.35.